The summed E-state index contributed by atoms with van der Waals surface area (Å²) in [7, 11) is 0. The largest absolute Gasteiger partial charge is 0.372 e. The van der Waals surface area contributed by atoms with E-state index in [0.29, 0.717) is 6.10 Å². The minimum Gasteiger partial charge on any atom is -0.372 e. The molecule has 0 bridgehead atoms. The summed E-state index contributed by atoms with van der Waals surface area (Å²) in [6, 6.07) is 0. The monoisotopic (exact) mass is 222 g/mol. The maximum absolute atomic E-state index is 5.78. The Labute approximate surface area is 78.6 Å². The lowest BCUT2D eigenvalue weighted by Gasteiger charge is -2.27. The zero-order valence-corrected chi connectivity index (χ0v) is 9.57. The predicted molar refractivity (Wildman–Crippen MR) is 53.3 cm³/mol. The third-order valence-corrected chi connectivity index (χ3v) is 2.89. The standard InChI is InChI=1S/C9H19BrO/c1-5-6-8(2)11-9(3,4)7-10/h8H,5-7H2,1-4H3. The molecule has 0 aliphatic carbocycles. The topological polar surface area (TPSA) is 9.23 Å². The Bertz CT molecular complexity index is 102. The summed E-state index contributed by atoms with van der Waals surface area (Å²) in [6.07, 6.45) is 2.73. The zero-order valence-electron chi connectivity index (χ0n) is 7.98. The van der Waals surface area contributed by atoms with Gasteiger partial charge in [0.25, 0.3) is 0 Å². The first-order valence-electron chi connectivity index (χ1n) is 4.25. The second-order valence-corrected chi connectivity index (χ2v) is 4.17. The maximum atomic E-state index is 5.78. The van der Waals surface area contributed by atoms with Crippen LogP contribution in [0.15, 0.2) is 0 Å². The van der Waals surface area contributed by atoms with Crippen molar-refractivity contribution < 1.29 is 4.74 Å². The van der Waals surface area contributed by atoms with Gasteiger partial charge < -0.3 is 4.74 Å². The average molecular weight is 223 g/mol. The Morgan fingerprint density at radius 1 is 1.45 bits per heavy atom. The molecular weight excluding hydrogens is 204 g/mol. The molecule has 0 aliphatic heterocycles. The highest BCUT2D eigenvalue weighted by Gasteiger charge is 2.19. The Kier molecular flexibility index (Phi) is 5.36. The SMILES string of the molecule is CCCC(C)OC(C)(C)CBr. The highest BCUT2D eigenvalue weighted by molar-refractivity contribution is 9.09. The molecule has 68 valence electrons. The molecular formula is C9H19BrO. The third-order valence-electron chi connectivity index (χ3n) is 1.54. The fraction of sp³-hybridized carbons (Fsp3) is 1.00. The van der Waals surface area contributed by atoms with Crippen LogP contribution >= 0.6 is 15.9 Å². The van der Waals surface area contributed by atoms with Crippen LogP contribution in [-0.2, 0) is 4.74 Å². The summed E-state index contributed by atoms with van der Waals surface area (Å²) in [5.74, 6) is 0. The van der Waals surface area contributed by atoms with Crippen LogP contribution in [0, 0.1) is 0 Å². The van der Waals surface area contributed by atoms with Gasteiger partial charge in [0, 0.05) is 5.33 Å². The second kappa shape index (κ2) is 5.15. The van der Waals surface area contributed by atoms with Crippen LogP contribution in [0.1, 0.15) is 40.5 Å². The van der Waals surface area contributed by atoms with Crippen molar-refractivity contribution in [3.05, 3.63) is 0 Å². The van der Waals surface area contributed by atoms with E-state index in [1.807, 2.05) is 0 Å². The molecule has 0 N–H and O–H groups in total. The minimum absolute atomic E-state index is 0.0193. The molecule has 0 aromatic rings. The van der Waals surface area contributed by atoms with E-state index in [-0.39, 0.29) is 5.60 Å². The molecule has 0 fully saturated rings. The van der Waals surface area contributed by atoms with Crippen LogP contribution in [-0.4, -0.2) is 17.0 Å². The third kappa shape index (κ3) is 5.68. The molecule has 0 saturated heterocycles. The van der Waals surface area contributed by atoms with Crippen LogP contribution in [0.25, 0.3) is 0 Å². The van der Waals surface area contributed by atoms with E-state index in [0.717, 1.165) is 11.8 Å². The highest BCUT2D eigenvalue weighted by atomic mass is 79.9. The lowest BCUT2D eigenvalue weighted by molar-refractivity contribution is -0.0503. The Hall–Kier alpha value is 0.440. The van der Waals surface area contributed by atoms with Crippen LogP contribution in [0.3, 0.4) is 0 Å². The van der Waals surface area contributed by atoms with E-state index in [1.165, 1.54) is 6.42 Å². The van der Waals surface area contributed by atoms with Crippen LogP contribution in [0.2, 0.25) is 0 Å². The summed E-state index contributed by atoms with van der Waals surface area (Å²) in [5.41, 5.74) is -0.0193. The number of halogens is 1. The Morgan fingerprint density at radius 2 is 2.00 bits per heavy atom. The van der Waals surface area contributed by atoms with Gasteiger partial charge in [0.15, 0.2) is 0 Å². The van der Waals surface area contributed by atoms with E-state index in [2.05, 4.69) is 43.6 Å². The summed E-state index contributed by atoms with van der Waals surface area (Å²) < 4.78 is 5.78. The lowest BCUT2D eigenvalue weighted by atomic mass is 10.1. The molecule has 2 heteroatoms. The molecule has 0 spiro atoms. The molecule has 0 rings (SSSR count). The van der Waals surface area contributed by atoms with Crippen molar-refractivity contribution in [1.82, 2.24) is 0 Å². The van der Waals surface area contributed by atoms with Gasteiger partial charge >= 0.3 is 0 Å². The highest BCUT2D eigenvalue weighted by Crippen LogP contribution is 2.16. The molecule has 0 amide bonds. The van der Waals surface area contributed by atoms with Gasteiger partial charge in [-0.3, -0.25) is 0 Å². The smallest absolute Gasteiger partial charge is 0.0726 e. The van der Waals surface area contributed by atoms with Crippen LogP contribution in [0.4, 0.5) is 0 Å². The molecule has 0 aliphatic rings. The molecule has 0 radical (unpaired) electrons. The van der Waals surface area contributed by atoms with Gasteiger partial charge in [-0.15, -0.1) is 0 Å². The molecule has 0 aromatic carbocycles. The van der Waals surface area contributed by atoms with Crippen molar-refractivity contribution in [1.29, 1.82) is 0 Å². The van der Waals surface area contributed by atoms with Crippen molar-refractivity contribution in [2.45, 2.75) is 52.2 Å². The van der Waals surface area contributed by atoms with E-state index < -0.39 is 0 Å². The van der Waals surface area contributed by atoms with Crippen molar-refractivity contribution in [2.75, 3.05) is 5.33 Å². The van der Waals surface area contributed by atoms with Crippen molar-refractivity contribution >= 4 is 15.9 Å². The van der Waals surface area contributed by atoms with Gasteiger partial charge in [0.05, 0.1) is 11.7 Å². The lowest BCUT2D eigenvalue weighted by Crippen LogP contribution is -2.30. The summed E-state index contributed by atoms with van der Waals surface area (Å²) >= 11 is 3.43. The van der Waals surface area contributed by atoms with Crippen molar-refractivity contribution in [3.63, 3.8) is 0 Å². The molecule has 1 nitrogen and oxygen atoms in total. The maximum Gasteiger partial charge on any atom is 0.0726 e. The molecule has 0 heterocycles. The van der Waals surface area contributed by atoms with Gasteiger partial charge in [-0.05, 0) is 27.2 Å². The van der Waals surface area contributed by atoms with E-state index in [4.69, 9.17) is 4.74 Å². The van der Waals surface area contributed by atoms with E-state index in [1.54, 1.807) is 0 Å². The number of hydrogen-bond donors (Lipinski definition) is 0. The van der Waals surface area contributed by atoms with Crippen molar-refractivity contribution in [2.24, 2.45) is 0 Å². The number of alkyl halides is 1. The first kappa shape index (κ1) is 11.4. The molecule has 0 saturated carbocycles. The Balaban J connectivity index is 3.64. The summed E-state index contributed by atoms with van der Waals surface area (Å²) in [6.45, 7) is 8.52. The molecule has 0 aromatic heterocycles. The molecule has 11 heavy (non-hydrogen) atoms. The van der Waals surface area contributed by atoms with Crippen molar-refractivity contribution in [3.8, 4) is 0 Å². The van der Waals surface area contributed by atoms with Gasteiger partial charge in [0.1, 0.15) is 0 Å². The van der Waals surface area contributed by atoms with Gasteiger partial charge in [-0.1, -0.05) is 29.3 Å². The predicted octanol–water partition coefficient (Wildman–Crippen LogP) is 3.37. The first-order valence-corrected chi connectivity index (χ1v) is 5.37. The number of ether oxygens (including phenoxy) is 1. The summed E-state index contributed by atoms with van der Waals surface area (Å²) in [5, 5.41) is 0.897. The molecule has 1 unspecified atom stereocenters. The average Bonchev–Trinajstić information content (AvgIpc) is 1.87. The van der Waals surface area contributed by atoms with Gasteiger partial charge in [-0.2, -0.15) is 0 Å². The van der Waals surface area contributed by atoms with Gasteiger partial charge in [0.2, 0.25) is 0 Å². The molecule has 1 atom stereocenters. The fourth-order valence-electron chi connectivity index (χ4n) is 1.04. The van der Waals surface area contributed by atoms with E-state index >= 15 is 0 Å². The van der Waals surface area contributed by atoms with Crippen LogP contribution < -0.4 is 0 Å². The summed E-state index contributed by atoms with van der Waals surface area (Å²) in [4.78, 5) is 0. The number of hydrogen-bond acceptors (Lipinski definition) is 1. The quantitative estimate of drug-likeness (QED) is 0.649. The van der Waals surface area contributed by atoms with E-state index in [9.17, 15) is 0 Å². The fourth-order valence-corrected chi connectivity index (χ4v) is 1.17. The first-order chi connectivity index (χ1) is 5.02. The second-order valence-electron chi connectivity index (χ2n) is 3.61. The minimum atomic E-state index is -0.0193. The van der Waals surface area contributed by atoms with Gasteiger partial charge in [-0.25, -0.2) is 0 Å². The van der Waals surface area contributed by atoms with Crippen LogP contribution in [0.5, 0.6) is 0 Å². The zero-order chi connectivity index (χ0) is 8.91. The normalized spacial score (nSPS) is 15.0. The Morgan fingerprint density at radius 3 is 2.36 bits per heavy atom. The number of rotatable bonds is 5.